The molecule has 2 unspecified atom stereocenters. The third-order valence-corrected chi connectivity index (χ3v) is 4.48. The molecule has 0 aromatic rings. The van der Waals surface area contributed by atoms with Gasteiger partial charge in [0.2, 0.25) is 10.0 Å². The van der Waals surface area contributed by atoms with Crippen LogP contribution in [0.1, 0.15) is 19.3 Å². The lowest BCUT2D eigenvalue weighted by Gasteiger charge is -2.32. The van der Waals surface area contributed by atoms with E-state index in [0.717, 1.165) is 19.3 Å². The molecule has 5 nitrogen and oxygen atoms in total. The molecule has 0 aromatic heterocycles. The molecular weight excluding hydrogens is 228 g/mol. The van der Waals surface area contributed by atoms with Crippen molar-refractivity contribution in [1.82, 2.24) is 4.31 Å². The van der Waals surface area contributed by atoms with Crippen molar-refractivity contribution in [2.45, 2.75) is 19.3 Å². The Morgan fingerprint density at radius 1 is 1.56 bits per heavy atom. The second-order valence-electron chi connectivity index (χ2n) is 4.65. The van der Waals surface area contributed by atoms with Gasteiger partial charge in [-0.3, -0.25) is 0 Å². The topological polar surface area (TPSA) is 83.6 Å². The number of rotatable bonds is 5. The zero-order chi connectivity index (χ0) is 12.2. The van der Waals surface area contributed by atoms with Crippen LogP contribution in [0.4, 0.5) is 0 Å². The highest BCUT2D eigenvalue weighted by Crippen LogP contribution is 2.24. The fourth-order valence-electron chi connectivity index (χ4n) is 2.24. The lowest BCUT2D eigenvalue weighted by molar-refractivity contribution is 0.175. The first kappa shape index (κ1) is 13.9. The smallest absolute Gasteiger partial charge is 0.211 e. The van der Waals surface area contributed by atoms with Gasteiger partial charge in [0.05, 0.1) is 6.26 Å². The van der Waals surface area contributed by atoms with Gasteiger partial charge >= 0.3 is 0 Å². The Morgan fingerprint density at radius 2 is 2.25 bits per heavy atom. The first-order valence-corrected chi connectivity index (χ1v) is 7.58. The first-order chi connectivity index (χ1) is 7.47. The molecule has 1 fully saturated rings. The number of piperidine rings is 1. The summed E-state index contributed by atoms with van der Waals surface area (Å²) in [5.74, 6) is 0.439. The summed E-state index contributed by atoms with van der Waals surface area (Å²) in [5.41, 5.74) is 5.53. The molecule has 0 spiro atoms. The van der Waals surface area contributed by atoms with Crippen LogP contribution in [-0.4, -0.2) is 50.3 Å². The van der Waals surface area contributed by atoms with E-state index >= 15 is 0 Å². The van der Waals surface area contributed by atoms with Crippen LogP contribution in [0, 0.1) is 11.8 Å². The maximum Gasteiger partial charge on any atom is 0.211 e. The van der Waals surface area contributed by atoms with Gasteiger partial charge in [-0.2, -0.15) is 0 Å². The van der Waals surface area contributed by atoms with Gasteiger partial charge in [0, 0.05) is 19.7 Å². The molecule has 1 aliphatic rings. The third-order valence-electron chi connectivity index (χ3n) is 3.21. The fourth-order valence-corrected chi connectivity index (χ4v) is 3.18. The van der Waals surface area contributed by atoms with Crippen molar-refractivity contribution in [3.63, 3.8) is 0 Å². The van der Waals surface area contributed by atoms with E-state index in [1.165, 1.54) is 10.6 Å². The molecule has 0 aromatic carbocycles. The van der Waals surface area contributed by atoms with Crippen molar-refractivity contribution >= 4 is 10.0 Å². The van der Waals surface area contributed by atoms with Gasteiger partial charge < -0.3 is 10.8 Å². The summed E-state index contributed by atoms with van der Waals surface area (Å²) in [6, 6.07) is 0. The molecule has 1 aliphatic heterocycles. The van der Waals surface area contributed by atoms with Crippen LogP contribution in [0.15, 0.2) is 0 Å². The standard InChI is InChI=1S/C10H22N2O3S/c1-16(14,15)12-4-2-3-9(7-12)5-10(6-11)8-13/h9-10,13H,2-8,11H2,1H3. The minimum absolute atomic E-state index is 0.0892. The van der Waals surface area contributed by atoms with Gasteiger partial charge in [-0.1, -0.05) is 0 Å². The number of nitrogens with two attached hydrogens (primary N) is 1. The Labute approximate surface area is 97.7 Å². The molecule has 0 bridgehead atoms. The van der Waals surface area contributed by atoms with Crippen LogP contribution in [0.5, 0.6) is 0 Å². The monoisotopic (exact) mass is 250 g/mol. The second kappa shape index (κ2) is 5.95. The Bertz CT molecular complexity index is 301. The van der Waals surface area contributed by atoms with Crippen molar-refractivity contribution in [3.05, 3.63) is 0 Å². The number of hydrogen-bond donors (Lipinski definition) is 2. The van der Waals surface area contributed by atoms with E-state index in [2.05, 4.69) is 0 Å². The van der Waals surface area contributed by atoms with Crippen LogP contribution in [0.25, 0.3) is 0 Å². The van der Waals surface area contributed by atoms with Crippen molar-refractivity contribution in [2.75, 3.05) is 32.5 Å². The molecular formula is C10H22N2O3S. The van der Waals surface area contributed by atoms with Gasteiger partial charge in [-0.15, -0.1) is 0 Å². The number of nitrogens with zero attached hydrogens (tertiary/aromatic N) is 1. The van der Waals surface area contributed by atoms with Crippen LogP contribution >= 0.6 is 0 Å². The number of aliphatic hydroxyl groups is 1. The van der Waals surface area contributed by atoms with Crippen molar-refractivity contribution in [3.8, 4) is 0 Å². The molecule has 6 heteroatoms. The molecule has 96 valence electrons. The Balaban J connectivity index is 2.51. The third kappa shape index (κ3) is 4.01. The quantitative estimate of drug-likeness (QED) is 0.696. The minimum Gasteiger partial charge on any atom is -0.396 e. The van der Waals surface area contributed by atoms with Crippen molar-refractivity contribution in [1.29, 1.82) is 0 Å². The minimum atomic E-state index is -3.07. The maximum absolute atomic E-state index is 11.4. The molecule has 16 heavy (non-hydrogen) atoms. The van der Waals surface area contributed by atoms with E-state index in [0.29, 0.717) is 25.6 Å². The van der Waals surface area contributed by atoms with Gasteiger partial charge in [-0.05, 0) is 37.6 Å². The first-order valence-electron chi connectivity index (χ1n) is 5.73. The summed E-state index contributed by atoms with van der Waals surface area (Å²) in [4.78, 5) is 0. The van der Waals surface area contributed by atoms with Crippen molar-refractivity contribution < 1.29 is 13.5 Å². The highest BCUT2D eigenvalue weighted by Gasteiger charge is 2.27. The molecule has 0 saturated carbocycles. The molecule has 1 saturated heterocycles. The second-order valence-corrected chi connectivity index (χ2v) is 6.63. The highest BCUT2D eigenvalue weighted by atomic mass is 32.2. The lowest BCUT2D eigenvalue weighted by Crippen LogP contribution is -2.40. The summed E-state index contributed by atoms with van der Waals surface area (Å²) in [5, 5.41) is 9.07. The number of hydrogen-bond acceptors (Lipinski definition) is 4. The van der Waals surface area contributed by atoms with E-state index in [4.69, 9.17) is 10.8 Å². The van der Waals surface area contributed by atoms with E-state index in [1.807, 2.05) is 0 Å². The van der Waals surface area contributed by atoms with E-state index in [9.17, 15) is 8.42 Å². The maximum atomic E-state index is 11.4. The van der Waals surface area contributed by atoms with E-state index in [1.54, 1.807) is 0 Å². The molecule has 2 atom stereocenters. The van der Waals surface area contributed by atoms with Gasteiger partial charge in [-0.25, -0.2) is 12.7 Å². The van der Waals surface area contributed by atoms with Gasteiger partial charge in [0.15, 0.2) is 0 Å². The molecule has 3 N–H and O–H groups in total. The van der Waals surface area contributed by atoms with Crippen LogP contribution < -0.4 is 5.73 Å². The van der Waals surface area contributed by atoms with Crippen LogP contribution in [0.3, 0.4) is 0 Å². The van der Waals surface area contributed by atoms with Gasteiger partial charge in [0.25, 0.3) is 0 Å². The van der Waals surface area contributed by atoms with Crippen LogP contribution in [-0.2, 0) is 10.0 Å². The van der Waals surface area contributed by atoms with Gasteiger partial charge in [0.1, 0.15) is 0 Å². The summed E-state index contributed by atoms with van der Waals surface area (Å²) in [6.45, 7) is 1.76. The largest absolute Gasteiger partial charge is 0.396 e. The molecule has 0 amide bonds. The summed E-state index contributed by atoms with van der Waals surface area (Å²) < 4.78 is 24.4. The van der Waals surface area contributed by atoms with E-state index in [-0.39, 0.29) is 12.5 Å². The molecule has 0 aliphatic carbocycles. The normalized spacial score (nSPS) is 25.6. The SMILES string of the molecule is CS(=O)(=O)N1CCCC(CC(CN)CO)C1. The zero-order valence-electron chi connectivity index (χ0n) is 9.80. The van der Waals surface area contributed by atoms with Crippen LogP contribution in [0.2, 0.25) is 0 Å². The Morgan fingerprint density at radius 3 is 2.75 bits per heavy atom. The average molecular weight is 250 g/mol. The number of aliphatic hydroxyl groups excluding tert-OH is 1. The average Bonchev–Trinajstić information content (AvgIpc) is 2.25. The molecule has 1 heterocycles. The Kier molecular flexibility index (Phi) is 5.17. The number of sulfonamides is 1. The Hall–Kier alpha value is -0.170. The van der Waals surface area contributed by atoms with E-state index < -0.39 is 10.0 Å². The fraction of sp³-hybridized carbons (Fsp3) is 1.00. The summed E-state index contributed by atoms with van der Waals surface area (Å²) >= 11 is 0. The lowest BCUT2D eigenvalue weighted by atomic mass is 9.89. The predicted octanol–water partition coefficient (Wildman–Crippen LogP) is -0.385. The predicted molar refractivity (Wildman–Crippen MR) is 63.4 cm³/mol. The molecule has 1 rings (SSSR count). The molecule has 0 radical (unpaired) electrons. The zero-order valence-corrected chi connectivity index (χ0v) is 10.6. The van der Waals surface area contributed by atoms with Crippen molar-refractivity contribution in [2.24, 2.45) is 17.6 Å². The highest BCUT2D eigenvalue weighted by molar-refractivity contribution is 7.88. The summed E-state index contributed by atoms with van der Waals surface area (Å²) in [6.07, 6.45) is 4.00. The summed E-state index contributed by atoms with van der Waals surface area (Å²) in [7, 11) is -3.07.